The number of methoxy groups -OCH3 is 1. The zero-order chi connectivity index (χ0) is 32.4. The Bertz CT molecular complexity index is 1370. The van der Waals surface area contributed by atoms with Crippen molar-refractivity contribution in [3.63, 3.8) is 0 Å². The molecule has 5 rings (SSSR count). The standard InChI is InChI=1S/C31H41N2O11P/c1-19(34)32-25-27(26-24(40-29(25)36)18-39-30(41-26)20-10-7-6-8-11-20)44-45(37,43-22-15-13-21(38-5)14-16-22)33-17-9-12-23(33)28(35)42-31(2,3)4/h6-8,10-11,13-16,23-27,29-30,36H,9,12,17-18H2,1-5H3,(H,32,34)/t23?,24?,25-,26?,27-,29-,30-,45?/m0/s1. The van der Waals surface area contributed by atoms with E-state index < -0.39 is 68.2 Å². The van der Waals surface area contributed by atoms with Crippen molar-refractivity contribution in [3.05, 3.63) is 60.2 Å². The fraction of sp³-hybridized carbons (Fsp3) is 0.548. The minimum atomic E-state index is -4.47. The second kappa shape index (κ2) is 13.8. The van der Waals surface area contributed by atoms with Gasteiger partial charge in [-0.05, 0) is 57.9 Å². The zero-order valence-corrected chi connectivity index (χ0v) is 26.9. The third-order valence-corrected chi connectivity index (χ3v) is 9.61. The highest BCUT2D eigenvalue weighted by Gasteiger charge is 2.56. The average molecular weight is 649 g/mol. The summed E-state index contributed by atoms with van der Waals surface area (Å²) >= 11 is 0. The summed E-state index contributed by atoms with van der Waals surface area (Å²) in [6.45, 7) is 6.74. The Morgan fingerprint density at radius 1 is 1.04 bits per heavy atom. The van der Waals surface area contributed by atoms with Gasteiger partial charge >= 0.3 is 13.7 Å². The number of ether oxygens (including phenoxy) is 5. The first-order valence-corrected chi connectivity index (χ1v) is 16.4. The van der Waals surface area contributed by atoms with Gasteiger partial charge < -0.3 is 38.6 Å². The molecule has 8 atom stereocenters. The van der Waals surface area contributed by atoms with Crippen LogP contribution in [0, 0.1) is 0 Å². The number of benzene rings is 2. The number of aliphatic hydroxyl groups excluding tert-OH is 1. The van der Waals surface area contributed by atoms with Crippen LogP contribution < -0.4 is 14.6 Å². The SMILES string of the molecule is COc1ccc(OP(=O)(O[C@@H]2C3O[C@@H](c4ccccc4)OCC3O[C@H](O)[C@H]2NC(C)=O)N2CCCC2C(=O)OC(C)(C)C)cc1. The number of amides is 1. The lowest BCUT2D eigenvalue weighted by Crippen LogP contribution is -2.66. The third kappa shape index (κ3) is 7.86. The lowest BCUT2D eigenvalue weighted by molar-refractivity contribution is -0.335. The maximum Gasteiger partial charge on any atom is 0.462 e. The van der Waals surface area contributed by atoms with Gasteiger partial charge in [0.1, 0.15) is 47.5 Å². The molecule has 2 N–H and O–H groups in total. The van der Waals surface area contributed by atoms with Crippen molar-refractivity contribution >= 4 is 19.6 Å². The van der Waals surface area contributed by atoms with E-state index in [1.54, 1.807) is 45.0 Å². The van der Waals surface area contributed by atoms with E-state index in [1.807, 2.05) is 30.3 Å². The fourth-order valence-corrected chi connectivity index (χ4v) is 7.75. The van der Waals surface area contributed by atoms with E-state index in [-0.39, 0.29) is 18.9 Å². The molecule has 45 heavy (non-hydrogen) atoms. The lowest BCUT2D eigenvalue weighted by Gasteiger charge is -2.49. The summed E-state index contributed by atoms with van der Waals surface area (Å²) in [7, 11) is -2.95. The van der Waals surface area contributed by atoms with Gasteiger partial charge in [0.2, 0.25) is 5.91 Å². The summed E-state index contributed by atoms with van der Waals surface area (Å²) in [6.07, 6.45) is -4.60. The van der Waals surface area contributed by atoms with Crippen molar-refractivity contribution in [2.45, 2.75) is 89.1 Å². The van der Waals surface area contributed by atoms with Crippen LogP contribution in [0.2, 0.25) is 0 Å². The number of carbonyl (C=O) groups excluding carboxylic acids is 2. The molecule has 14 heteroatoms. The summed E-state index contributed by atoms with van der Waals surface area (Å²) in [5, 5.41) is 13.7. The molecule has 3 aliphatic heterocycles. The van der Waals surface area contributed by atoms with E-state index in [9.17, 15) is 14.7 Å². The predicted octanol–water partition coefficient (Wildman–Crippen LogP) is 3.71. The summed E-state index contributed by atoms with van der Waals surface area (Å²) in [5.41, 5.74) is -0.0664. The summed E-state index contributed by atoms with van der Waals surface area (Å²) in [5.74, 6) is -0.323. The maximum atomic E-state index is 15.2. The zero-order valence-electron chi connectivity index (χ0n) is 26.0. The average Bonchev–Trinajstić information content (AvgIpc) is 3.50. The quantitative estimate of drug-likeness (QED) is 0.301. The molecule has 0 aromatic heterocycles. The van der Waals surface area contributed by atoms with E-state index in [2.05, 4.69) is 5.32 Å². The molecule has 13 nitrogen and oxygen atoms in total. The van der Waals surface area contributed by atoms with Crippen molar-refractivity contribution in [2.24, 2.45) is 0 Å². The van der Waals surface area contributed by atoms with E-state index in [0.29, 0.717) is 18.6 Å². The third-order valence-electron chi connectivity index (χ3n) is 7.55. The van der Waals surface area contributed by atoms with E-state index in [4.69, 9.17) is 32.7 Å². The van der Waals surface area contributed by atoms with Gasteiger partial charge in [0.15, 0.2) is 12.6 Å². The highest BCUT2D eigenvalue weighted by molar-refractivity contribution is 7.51. The molecule has 0 radical (unpaired) electrons. The molecule has 246 valence electrons. The van der Waals surface area contributed by atoms with Crippen molar-refractivity contribution < 1.29 is 52.0 Å². The smallest absolute Gasteiger partial charge is 0.462 e. The summed E-state index contributed by atoms with van der Waals surface area (Å²) < 4.78 is 58.1. The Hall–Kier alpha value is -3.03. The highest BCUT2D eigenvalue weighted by atomic mass is 31.2. The minimum Gasteiger partial charge on any atom is -0.497 e. The van der Waals surface area contributed by atoms with Gasteiger partial charge in [0.25, 0.3) is 0 Å². The van der Waals surface area contributed by atoms with Crippen LogP contribution in [0.5, 0.6) is 11.5 Å². The Balaban J connectivity index is 1.53. The largest absolute Gasteiger partial charge is 0.497 e. The molecule has 3 heterocycles. The van der Waals surface area contributed by atoms with Gasteiger partial charge in [-0.3, -0.25) is 14.1 Å². The normalized spacial score (nSPS) is 30.0. The van der Waals surface area contributed by atoms with Crippen molar-refractivity contribution in [1.29, 1.82) is 0 Å². The number of rotatable bonds is 9. The van der Waals surface area contributed by atoms with Gasteiger partial charge in [-0.25, -0.2) is 4.57 Å². The molecule has 0 spiro atoms. The van der Waals surface area contributed by atoms with E-state index in [0.717, 1.165) is 5.56 Å². The molecule has 1 amide bonds. The van der Waals surface area contributed by atoms with Crippen molar-refractivity contribution in [1.82, 2.24) is 9.99 Å². The summed E-state index contributed by atoms with van der Waals surface area (Å²) in [4.78, 5) is 25.7. The number of hydrogen-bond donors (Lipinski definition) is 2. The van der Waals surface area contributed by atoms with E-state index >= 15 is 4.57 Å². The molecule has 0 bridgehead atoms. The second-order valence-electron chi connectivity index (χ2n) is 12.1. The first-order valence-electron chi connectivity index (χ1n) is 14.9. The van der Waals surface area contributed by atoms with Crippen molar-refractivity contribution in [3.8, 4) is 11.5 Å². The minimum absolute atomic E-state index is 0.0157. The van der Waals surface area contributed by atoms with Crippen LogP contribution in [-0.2, 0) is 37.6 Å². The van der Waals surface area contributed by atoms with Crippen LogP contribution >= 0.6 is 7.75 Å². The Morgan fingerprint density at radius 2 is 1.73 bits per heavy atom. The van der Waals surface area contributed by atoms with Gasteiger partial charge in [-0.1, -0.05) is 30.3 Å². The second-order valence-corrected chi connectivity index (χ2v) is 14.0. The number of nitrogens with one attached hydrogen (secondary N) is 1. The van der Waals surface area contributed by atoms with Gasteiger partial charge in [0, 0.05) is 19.0 Å². The van der Waals surface area contributed by atoms with E-state index in [1.165, 1.54) is 18.7 Å². The number of esters is 1. The van der Waals surface area contributed by atoms with Crippen molar-refractivity contribution in [2.75, 3.05) is 20.3 Å². The molecule has 2 aromatic rings. The van der Waals surface area contributed by atoms with Crippen LogP contribution in [-0.4, -0.2) is 84.2 Å². The van der Waals surface area contributed by atoms with Crippen LogP contribution in [0.4, 0.5) is 0 Å². The number of hydrogen-bond acceptors (Lipinski definition) is 11. The number of nitrogens with zero attached hydrogens (tertiary/aromatic N) is 1. The molecule has 3 aliphatic rings. The Kier molecular flexibility index (Phi) is 10.2. The Morgan fingerprint density at radius 3 is 2.38 bits per heavy atom. The number of aliphatic hydroxyl groups is 1. The molecule has 0 saturated carbocycles. The molecule has 3 saturated heterocycles. The van der Waals surface area contributed by atoms with Crippen LogP contribution in [0.25, 0.3) is 0 Å². The monoisotopic (exact) mass is 648 g/mol. The molecular weight excluding hydrogens is 607 g/mol. The molecule has 4 unspecified atom stereocenters. The molecule has 2 aromatic carbocycles. The first-order chi connectivity index (χ1) is 21.4. The van der Waals surface area contributed by atoms with Crippen LogP contribution in [0.1, 0.15) is 52.4 Å². The number of carbonyl (C=O) groups is 2. The molecular formula is C31H41N2O11P. The molecule has 0 aliphatic carbocycles. The molecule has 3 fully saturated rings. The lowest BCUT2D eigenvalue weighted by atomic mass is 9.96. The topological polar surface area (TPSA) is 151 Å². The predicted molar refractivity (Wildman–Crippen MR) is 160 cm³/mol. The maximum absolute atomic E-state index is 15.2. The van der Waals surface area contributed by atoms with Gasteiger partial charge in [-0.15, -0.1) is 0 Å². The highest BCUT2D eigenvalue weighted by Crippen LogP contribution is 2.58. The fourth-order valence-electron chi connectivity index (χ4n) is 5.59. The van der Waals surface area contributed by atoms with Gasteiger partial charge in [0.05, 0.1) is 13.7 Å². The first kappa shape index (κ1) is 33.3. The summed E-state index contributed by atoms with van der Waals surface area (Å²) in [6, 6.07) is 13.4. The van der Waals surface area contributed by atoms with Crippen LogP contribution in [0.15, 0.2) is 54.6 Å². The van der Waals surface area contributed by atoms with Crippen LogP contribution in [0.3, 0.4) is 0 Å². The Labute approximate surface area is 262 Å². The number of fused-ring (bicyclic) bond motifs is 1. The van der Waals surface area contributed by atoms with Gasteiger partial charge in [-0.2, -0.15) is 4.67 Å².